The van der Waals surface area contributed by atoms with Crippen molar-refractivity contribution >= 4 is 11.9 Å². The predicted octanol–water partition coefficient (Wildman–Crippen LogP) is 1.21. The minimum atomic E-state index is -1.12. The molecule has 0 amide bonds. The van der Waals surface area contributed by atoms with Crippen LogP contribution in [0.25, 0.3) is 0 Å². The highest BCUT2D eigenvalue weighted by molar-refractivity contribution is 5.80. The highest BCUT2D eigenvalue weighted by Crippen LogP contribution is 2.34. The second-order valence-corrected chi connectivity index (χ2v) is 5.22. The van der Waals surface area contributed by atoms with Gasteiger partial charge in [0.05, 0.1) is 5.92 Å². The Morgan fingerprint density at radius 3 is 2.50 bits per heavy atom. The summed E-state index contributed by atoms with van der Waals surface area (Å²) in [6.07, 6.45) is 0.469. The lowest BCUT2D eigenvalue weighted by Crippen LogP contribution is -2.39. The largest absolute Gasteiger partial charge is 0.478 e. The second kappa shape index (κ2) is 6.52. The monoisotopic (exact) mass is 277 g/mol. The van der Waals surface area contributed by atoms with Gasteiger partial charge in [-0.25, -0.2) is 4.79 Å². The number of carboxylic acid groups (broad SMARTS) is 1. The van der Waals surface area contributed by atoms with Crippen molar-refractivity contribution in [3.8, 4) is 0 Å². The fraction of sp³-hybridized carbons (Fsp3) is 0.467. The molecule has 0 radical (unpaired) electrons. The van der Waals surface area contributed by atoms with Gasteiger partial charge >= 0.3 is 11.9 Å². The molecule has 108 valence electrons. The summed E-state index contributed by atoms with van der Waals surface area (Å²) in [5.41, 5.74) is 6.34. The number of aliphatic carboxylic acids is 1. The molecular formula is C15H19NO4. The van der Waals surface area contributed by atoms with Crippen LogP contribution in [0.3, 0.4) is 0 Å². The van der Waals surface area contributed by atoms with Gasteiger partial charge in [-0.15, -0.1) is 0 Å². The first kappa shape index (κ1) is 14.5. The molecule has 1 aliphatic carbocycles. The lowest BCUT2D eigenvalue weighted by Gasteiger charge is -2.33. The van der Waals surface area contributed by atoms with Crippen LogP contribution in [-0.4, -0.2) is 29.7 Å². The second-order valence-electron chi connectivity index (χ2n) is 5.22. The third-order valence-corrected chi connectivity index (χ3v) is 3.70. The molecule has 0 unspecified atom stereocenters. The first-order valence-corrected chi connectivity index (χ1v) is 6.77. The SMILES string of the molecule is NCC1CC(C(=O)O[C@@H](Cc2ccccc2)C(=O)O)C1. The Labute approximate surface area is 117 Å². The summed E-state index contributed by atoms with van der Waals surface area (Å²) < 4.78 is 5.13. The Hall–Kier alpha value is -1.88. The summed E-state index contributed by atoms with van der Waals surface area (Å²) >= 11 is 0. The maximum absolute atomic E-state index is 11.9. The molecule has 1 saturated carbocycles. The molecule has 5 heteroatoms. The molecule has 0 saturated heterocycles. The minimum absolute atomic E-state index is 0.189. The standard InChI is InChI=1S/C15H19NO4/c16-9-11-6-12(7-11)15(19)20-13(14(17)18)8-10-4-2-1-3-5-10/h1-5,11-13H,6-9,16H2,(H,17,18)/t11?,12?,13-/m0/s1. The number of rotatable bonds is 6. The summed E-state index contributed by atoms with van der Waals surface area (Å²) in [7, 11) is 0. The van der Waals surface area contributed by atoms with Gasteiger partial charge in [-0.3, -0.25) is 4.79 Å². The molecule has 1 aliphatic rings. The van der Waals surface area contributed by atoms with E-state index in [9.17, 15) is 9.59 Å². The van der Waals surface area contributed by atoms with Gasteiger partial charge in [0.15, 0.2) is 0 Å². The Balaban J connectivity index is 1.90. The quantitative estimate of drug-likeness (QED) is 0.763. The first-order valence-electron chi connectivity index (χ1n) is 6.77. The summed E-state index contributed by atoms with van der Waals surface area (Å²) in [4.78, 5) is 23.1. The minimum Gasteiger partial charge on any atom is -0.478 e. The maximum atomic E-state index is 11.9. The van der Waals surface area contributed by atoms with Crippen molar-refractivity contribution in [2.75, 3.05) is 6.54 Å². The zero-order valence-electron chi connectivity index (χ0n) is 11.2. The van der Waals surface area contributed by atoms with E-state index in [-0.39, 0.29) is 12.3 Å². The van der Waals surface area contributed by atoms with Gasteiger partial charge in [0.2, 0.25) is 6.10 Å². The maximum Gasteiger partial charge on any atom is 0.345 e. The van der Waals surface area contributed by atoms with E-state index in [1.54, 1.807) is 0 Å². The molecule has 20 heavy (non-hydrogen) atoms. The Bertz CT molecular complexity index is 468. The van der Waals surface area contributed by atoms with Crippen LogP contribution in [0.1, 0.15) is 18.4 Å². The van der Waals surface area contributed by atoms with E-state index in [0.29, 0.717) is 25.3 Å². The van der Waals surface area contributed by atoms with E-state index < -0.39 is 18.0 Å². The molecule has 0 aromatic heterocycles. The van der Waals surface area contributed by atoms with E-state index in [2.05, 4.69) is 0 Å². The molecule has 0 heterocycles. The molecule has 1 atom stereocenters. The van der Waals surface area contributed by atoms with Gasteiger partial charge < -0.3 is 15.6 Å². The molecule has 1 aromatic carbocycles. The number of carbonyl (C=O) groups is 2. The third kappa shape index (κ3) is 3.57. The fourth-order valence-corrected chi connectivity index (χ4v) is 2.36. The Morgan fingerprint density at radius 2 is 1.95 bits per heavy atom. The molecule has 1 fully saturated rings. The first-order chi connectivity index (χ1) is 9.60. The number of esters is 1. The molecular weight excluding hydrogens is 258 g/mol. The van der Waals surface area contributed by atoms with E-state index in [4.69, 9.17) is 15.6 Å². The molecule has 0 aliphatic heterocycles. The van der Waals surface area contributed by atoms with Gasteiger partial charge in [0, 0.05) is 6.42 Å². The van der Waals surface area contributed by atoms with Crippen molar-refractivity contribution in [2.24, 2.45) is 17.6 Å². The number of hydrogen-bond acceptors (Lipinski definition) is 4. The number of nitrogens with two attached hydrogens (primary N) is 1. The van der Waals surface area contributed by atoms with Gasteiger partial charge in [-0.2, -0.15) is 0 Å². The number of benzene rings is 1. The van der Waals surface area contributed by atoms with E-state index in [0.717, 1.165) is 5.56 Å². The molecule has 5 nitrogen and oxygen atoms in total. The summed E-state index contributed by atoms with van der Waals surface area (Å²) in [5.74, 6) is -1.36. The van der Waals surface area contributed by atoms with E-state index >= 15 is 0 Å². The summed E-state index contributed by atoms with van der Waals surface area (Å²) in [5, 5.41) is 9.16. The average molecular weight is 277 g/mol. The van der Waals surface area contributed by atoms with Crippen LogP contribution >= 0.6 is 0 Å². The highest BCUT2D eigenvalue weighted by atomic mass is 16.6. The van der Waals surface area contributed by atoms with Crippen molar-refractivity contribution in [2.45, 2.75) is 25.4 Å². The predicted molar refractivity (Wildman–Crippen MR) is 72.9 cm³/mol. The van der Waals surface area contributed by atoms with Gasteiger partial charge in [0.1, 0.15) is 0 Å². The third-order valence-electron chi connectivity index (χ3n) is 3.70. The van der Waals surface area contributed by atoms with Crippen LogP contribution in [0.5, 0.6) is 0 Å². The van der Waals surface area contributed by atoms with Crippen LogP contribution < -0.4 is 5.73 Å². The number of hydrogen-bond donors (Lipinski definition) is 2. The van der Waals surface area contributed by atoms with Crippen LogP contribution in [-0.2, 0) is 20.7 Å². The lowest BCUT2D eigenvalue weighted by atomic mass is 9.75. The molecule has 3 N–H and O–H groups in total. The van der Waals surface area contributed by atoms with Crippen molar-refractivity contribution in [1.29, 1.82) is 0 Å². The summed E-state index contributed by atoms with van der Waals surface area (Å²) in [6, 6.07) is 9.14. The van der Waals surface area contributed by atoms with Crippen molar-refractivity contribution in [3.05, 3.63) is 35.9 Å². The number of carbonyl (C=O) groups excluding carboxylic acids is 1. The van der Waals surface area contributed by atoms with Crippen LogP contribution in [0, 0.1) is 11.8 Å². The lowest BCUT2D eigenvalue weighted by molar-refractivity contribution is -0.169. The molecule has 2 rings (SSSR count). The Kier molecular flexibility index (Phi) is 4.74. The van der Waals surface area contributed by atoms with Gasteiger partial charge in [-0.1, -0.05) is 30.3 Å². The van der Waals surface area contributed by atoms with Crippen LogP contribution in [0.15, 0.2) is 30.3 Å². The van der Waals surface area contributed by atoms with E-state index in [1.165, 1.54) is 0 Å². The van der Waals surface area contributed by atoms with E-state index in [1.807, 2.05) is 30.3 Å². The zero-order valence-corrected chi connectivity index (χ0v) is 11.2. The van der Waals surface area contributed by atoms with Crippen LogP contribution in [0.2, 0.25) is 0 Å². The normalized spacial score (nSPS) is 22.6. The van der Waals surface area contributed by atoms with Crippen molar-refractivity contribution < 1.29 is 19.4 Å². The average Bonchev–Trinajstić information content (AvgIpc) is 2.38. The molecule has 1 aromatic rings. The molecule has 0 spiro atoms. The topological polar surface area (TPSA) is 89.6 Å². The van der Waals surface area contributed by atoms with Crippen molar-refractivity contribution in [1.82, 2.24) is 0 Å². The van der Waals surface area contributed by atoms with Gasteiger partial charge in [-0.05, 0) is 30.9 Å². The summed E-state index contributed by atoms with van der Waals surface area (Å²) in [6.45, 7) is 0.566. The van der Waals surface area contributed by atoms with Crippen LogP contribution in [0.4, 0.5) is 0 Å². The smallest absolute Gasteiger partial charge is 0.345 e. The van der Waals surface area contributed by atoms with Gasteiger partial charge in [0.25, 0.3) is 0 Å². The molecule has 0 bridgehead atoms. The number of carboxylic acids is 1. The number of ether oxygens (including phenoxy) is 1. The fourth-order valence-electron chi connectivity index (χ4n) is 2.36. The Morgan fingerprint density at radius 1 is 1.30 bits per heavy atom. The van der Waals surface area contributed by atoms with Crippen molar-refractivity contribution in [3.63, 3.8) is 0 Å². The zero-order chi connectivity index (χ0) is 14.5. The highest BCUT2D eigenvalue weighted by Gasteiger charge is 2.36.